The van der Waals surface area contributed by atoms with Gasteiger partial charge in [0, 0.05) is 23.9 Å². The highest BCUT2D eigenvalue weighted by Gasteiger charge is 2.15. The van der Waals surface area contributed by atoms with Gasteiger partial charge in [-0.15, -0.1) is 4.37 Å². The van der Waals surface area contributed by atoms with Crippen LogP contribution in [0.1, 0.15) is 31.7 Å². The van der Waals surface area contributed by atoms with Gasteiger partial charge < -0.3 is 15.0 Å². The maximum Gasteiger partial charge on any atom is 0.229 e. The number of nitrogens with one attached hydrogen (secondary N) is 1. The number of anilines is 1. The molecule has 142 valence electrons. The van der Waals surface area contributed by atoms with Crippen molar-refractivity contribution < 1.29 is 9.29 Å². The fourth-order valence-electron chi connectivity index (χ4n) is 3.06. The summed E-state index contributed by atoms with van der Waals surface area (Å²) in [6, 6.07) is 8.31. The lowest BCUT2D eigenvalue weighted by Gasteiger charge is -2.30. The van der Waals surface area contributed by atoms with Crippen LogP contribution in [0.15, 0.2) is 29.3 Å². The van der Waals surface area contributed by atoms with Gasteiger partial charge in [-0.2, -0.15) is 0 Å². The number of hydrogen-bond donors (Lipinski definition) is 2. The summed E-state index contributed by atoms with van der Waals surface area (Å²) < 4.78 is 23.3. The molecule has 0 saturated carbocycles. The fraction of sp³-hybridized carbons (Fsp3) is 0.556. The lowest BCUT2D eigenvalue weighted by Crippen LogP contribution is -2.32. The van der Waals surface area contributed by atoms with Crippen molar-refractivity contribution in [2.45, 2.75) is 32.7 Å². The molecule has 1 atom stereocenters. The predicted octanol–water partition coefficient (Wildman–Crippen LogP) is 2.32. The van der Waals surface area contributed by atoms with Crippen LogP contribution < -0.4 is 16.0 Å². The maximum atomic E-state index is 11.2. The molecule has 1 fully saturated rings. The zero-order valence-corrected chi connectivity index (χ0v) is 16.0. The molecule has 0 aliphatic carbocycles. The number of aromatic nitrogens is 2. The van der Waals surface area contributed by atoms with E-state index in [9.17, 15) is 4.55 Å². The van der Waals surface area contributed by atoms with E-state index >= 15 is 0 Å². The molecule has 0 radical (unpaired) electrons. The van der Waals surface area contributed by atoms with Crippen LogP contribution in [0.25, 0.3) is 0 Å². The molecular weight excluding hydrogens is 350 g/mol. The standard InChI is InChI=1S/C18H27N5O2S/c1-14-6-9-23(10-7-14)13-15-4-2-5-16(12-15)25-11-3-8-20-18-17(19)21-26(24)22-18/h2,4-5,12,14H,3,6-11,13H2,1H3,(H2,19,21)(H,20,22). The lowest BCUT2D eigenvalue weighted by atomic mass is 9.99. The number of benzene rings is 1. The smallest absolute Gasteiger partial charge is 0.229 e. The van der Waals surface area contributed by atoms with E-state index in [1.807, 2.05) is 12.1 Å². The highest BCUT2D eigenvalue weighted by Crippen LogP contribution is 2.20. The Balaban J connectivity index is 1.44. The number of aromatic amines is 1. The van der Waals surface area contributed by atoms with Gasteiger partial charge in [-0.25, -0.2) is 0 Å². The molecule has 1 aromatic heterocycles. The van der Waals surface area contributed by atoms with Gasteiger partial charge in [0.25, 0.3) is 0 Å². The number of H-pyrrole nitrogens is 1. The summed E-state index contributed by atoms with van der Waals surface area (Å²) in [7, 11) is 0. The third-order valence-corrected chi connectivity index (χ3v) is 5.36. The van der Waals surface area contributed by atoms with E-state index in [0.29, 0.717) is 18.6 Å². The second-order valence-corrected chi connectivity index (χ2v) is 7.75. The summed E-state index contributed by atoms with van der Waals surface area (Å²) in [5.41, 5.74) is 7.30. The molecular formula is C18H27N5O2S. The normalized spacial score (nSPS) is 17.6. The minimum absolute atomic E-state index is 0.198. The van der Waals surface area contributed by atoms with Gasteiger partial charge in [0.1, 0.15) is 5.75 Å². The Morgan fingerprint density at radius 2 is 2.23 bits per heavy atom. The summed E-state index contributed by atoms with van der Waals surface area (Å²) in [4.78, 5) is 6.77. The second-order valence-electron chi connectivity index (χ2n) is 6.87. The first-order chi connectivity index (χ1) is 12.6. The molecule has 2 heterocycles. The molecule has 1 aliphatic heterocycles. The van der Waals surface area contributed by atoms with E-state index in [4.69, 9.17) is 10.5 Å². The Bertz CT molecular complexity index is 765. The van der Waals surface area contributed by atoms with Crippen LogP contribution in [0.4, 0.5) is 5.82 Å². The van der Waals surface area contributed by atoms with Gasteiger partial charge in [-0.05, 0) is 49.5 Å². The summed E-state index contributed by atoms with van der Waals surface area (Å²) >= 11 is -1.48. The minimum Gasteiger partial charge on any atom is -0.548 e. The van der Waals surface area contributed by atoms with Crippen LogP contribution in [-0.4, -0.2) is 44.4 Å². The highest BCUT2D eigenvalue weighted by molar-refractivity contribution is 7.13. The van der Waals surface area contributed by atoms with Gasteiger partial charge in [0.2, 0.25) is 11.3 Å². The Kier molecular flexibility index (Phi) is 6.65. The summed E-state index contributed by atoms with van der Waals surface area (Å²) in [5, 5.41) is 0. The molecule has 8 heteroatoms. The highest BCUT2D eigenvalue weighted by atomic mass is 32.2. The molecule has 0 bridgehead atoms. The summed E-state index contributed by atoms with van der Waals surface area (Å²) in [5.74, 6) is 1.94. The number of ether oxygens (including phenoxy) is 1. The zero-order valence-electron chi connectivity index (χ0n) is 15.2. The Morgan fingerprint density at radius 3 is 2.96 bits per heavy atom. The van der Waals surface area contributed by atoms with Crippen molar-refractivity contribution in [2.75, 3.05) is 32.0 Å². The van der Waals surface area contributed by atoms with E-state index in [0.717, 1.165) is 24.6 Å². The molecule has 1 aliphatic rings. The van der Waals surface area contributed by atoms with Gasteiger partial charge in [0.05, 0.1) is 6.61 Å². The van der Waals surface area contributed by atoms with Crippen molar-refractivity contribution in [3.05, 3.63) is 35.3 Å². The number of nitrogens with two attached hydrogens (primary N) is 1. The van der Waals surface area contributed by atoms with Gasteiger partial charge in [-0.3, -0.25) is 9.89 Å². The number of nitrogens with zero attached hydrogens (tertiary/aromatic N) is 3. The molecule has 7 nitrogen and oxygen atoms in total. The molecule has 3 rings (SSSR count). The Labute approximate surface area is 157 Å². The van der Waals surface area contributed by atoms with Crippen LogP contribution >= 0.6 is 11.1 Å². The molecule has 0 amide bonds. The third kappa shape index (κ3) is 5.55. The van der Waals surface area contributed by atoms with Crippen molar-refractivity contribution in [1.82, 2.24) is 13.6 Å². The summed E-state index contributed by atoms with van der Waals surface area (Å²) in [6.45, 7) is 6.79. The SMILES string of the molecule is CC1CCN(Cc2cccc(OCCCN=c3[nH][s+]([O-])nc3N)c2)CC1. The van der Waals surface area contributed by atoms with Crippen LogP contribution in [0.5, 0.6) is 5.75 Å². The first-order valence-electron chi connectivity index (χ1n) is 9.12. The molecule has 1 saturated heterocycles. The average Bonchev–Trinajstić information content (AvgIpc) is 2.94. The first kappa shape index (κ1) is 18.9. The molecule has 1 unspecified atom stereocenters. The van der Waals surface area contributed by atoms with E-state index in [1.54, 1.807) is 0 Å². The predicted molar refractivity (Wildman–Crippen MR) is 102 cm³/mol. The first-order valence-corrected chi connectivity index (χ1v) is 10.2. The number of nitrogen functional groups attached to an aromatic ring is 1. The molecule has 3 N–H and O–H groups in total. The number of rotatable bonds is 7. The molecule has 2 aromatic rings. The Morgan fingerprint density at radius 1 is 1.42 bits per heavy atom. The van der Waals surface area contributed by atoms with Crippen LogP contribution in [0.2, 0.25) is 0 Å². The number of hydrogen-bond acceptors (Lipinski definition) is 6. The molecule has 26 heavy (non-hydrogen) atoms. The molecule has 1 aromatic carbocycles. The second kappa shape index (κ2) is 9.16. The van der Waals surface area contributed by atoms with Crippen LogP contribution in [-0.2, 0) is 6.54 Å². The quantitative estimate of drug-likeness (QED) is 0.569. The van der Waals surface area contributed by atoms with Crippen LogP contribution in [0.3, 0.4) is 0 Å². The fourth-order valence-corrected chi connectivity index (χ4v) is 3.71. The van der Waals surface area contributed by atoms with Crippen molar-refractivity contribution in [3.63, 3.8) is 0 Å². The monoisotopic (exact) mass is 377 g/mol. The van der Waals surface area contributed by atoms with Crippen molar-refractivity contribution in [1.29, 1.82) is 0 Å². The van der Waals surface area contributed by atoms with Crippen molar-refractivity contribution in [2.24, 2.45) is 10.9 Å². The number of likely N-dealkylation sites (tertiary alicyclic amines) is 1. The zero-order chi connectivity index (χ0) is 18.4. The topological polar surface area (TPSA) is 103 Å². The van der Waals surface area contributed by atoms with Gasteiger partial charge in [-0.1, -0.05) is 19.1 Å². The van der Waals surface area contributed by atoms with E-state index in [1.165, 1.54) is 31.5 Å². The maximum absolute atomic E-state index is 11.2. The van der Waals surface area contributed by atoms with E-state index < -0.39 is 11.1 Å². The van der Waals surface area contributed by atoms with E-state index in [-0.39, 0.29) is 5.82 Å². The van der Waals surface area contributed by atoms with Gasteiger partial charge in [0.15, 0.2) is 11.1 Å². The lowest BCUT2D eigenvalue weighted by molar-refractivity contribution is 0.185. The average molecular weight is 378 g/mol. The molecule has 0 spiro atoms. The van der Waals surface area contributed by atoms with Gasteiger partial charge >= 0.3 is 0 Å². The van der Waals surface area contributed by atoms with E-state index in [2.05, 4.69) is 37.7 Å². The van der Waals surface area contributed by atoms with Crippen molar-refractivity contribution in [3.8, 4) is 5.75 Å². The minimum atomic E-state index is -1.48. The number of piperidine rings is 1. The summed E-state index contributed by atoms with van der Waals surface area (Å²) in [6.07, 6.45) is 3.33. The third-order valence-electron chi connectivity index (χ3n) is 4.63. The Hall–Kier alpha value is -1.90. The van der Waals surface area contributed by atoms with Crippen molar-refractivity contribution >= 4 is 17.0 Å². The van der Waals surface area contributed by atoms with Crippen LogP contribution in [0, 0.1) is 5.92 Å². The largest absolute Gasteiger partial charge is 0.548 e.